The van der Waals surface area contributed by atoms with Gasteiger partial charge in [-0.25, -0.2) is 14.1 Å². The quantitative estimate of drug-likeness (QED) is 0.384. The Morgan fingerprint density at radius 1 is 1.15 bits per heavy atom. The third kappa shape index (κ3) is 4.93. The van der Waals surface area contributed by atoms with E-state index in [0.717, 1.165) is 20.9 Å². The molecule has 0 N–H and O–H groups in total. The lowest BCUT2D eigenvalue weighted by Crippen LogP contribution is -2.25. The molecule has 2 aromatic heterocycles. The number of carbonyl (C=O) groups is 2. The first-order valence-corrected chi connectivity index (χ1v) is 10.8. The van der Waals surface area contributed by atoms with Crippen molar-refractivity contribution in [1.29, 1.82) is 0 Å². The average Bonchev–Trinajstić information content (AvgIpc) is 3.27. The summed E-state index contributed by atoms with van der Waals surface area (Å²) in [7, 11) is 0. The van der Waals surface area contributed by atoms with E-state index in [9.17, 15) is 18.8 Å². The molecule has 1 amide bonds. The SMILES string of the molecule is CC(=O)N(c1nc(COC(=O)CCn2nnc3ccccc3c2=O)cs1)c1ccccc1F. The number of hydrogen-bond donors (Lipinski definition) is 0. The van der Waals surface area contributed by atoms with Crippen LogP contribution in [0.1, 0.15) is 19.0 Å². The predicted molar refractivity (Wildman–Crippen MR) is 120 cm³/mol. The summed E-state index contributed by atoms with van der Waals surface area (Å²) < 4.78 is 20.5. The number of nitrogens with zero attached hydrogens (tertiary/aromatic N) is 5. The number of fused-ring (bicyclic) bond motifs is 1. The number of rotatable bonds is 7. The summed E-state index contributed by atoms with van der Waals surface area (Å²) in [6.07, 6.45) is -0.0846. The highest BCUT2D eigenvalue weighted by atomic mass is 32.1. The predicted octanol–water partition coefficient (Wildman–Crippen LogP) is 3.21. The Morgan fingerprint density at radius 2 is 1.91 bits per heavy atom. The van der Waals surface area contributed by atoms with Crippen molar-refractivity contribution < 1.29 is 18.7 Å². The largest absolute Gasteiger partial charge is 0.459 e. The van der Waals surface area contributed by atoms with Gasteiger partial charge < -0.3 is 4.74 Å². The summed E-state index contributed by atoms with van der Waals surface area (Å²) in [5.41, 5.74) is 0.643. The van der Waals surface area contributed by atoms with E-state index in [1.807, 2.05) is 0 Å². The standard InChI is InChI=1S/C22H18FN5O4S/c1-14(29)28(19-9-5-3-7-17(19)23)22-24-15(13-33-22)12-32-20(30)10-11-27-21(31)16-6-2-4-8-18(16)25-26-27/h2-9,13H,10-12H2,1H3. The summed E-state index contributed by atoms with van der Waals surface area (Å²) in [4.78, 5) is 42.1. The molecule has 0 bridgehead atoms. The number of aromatic nitrogens is 4. The van der Waals surface area contributed by atoms with E-state index in [-0.39, 0.29) is 36.0 Å². The van der Waals surface area contributed by atoms with E-state index < -0.39 is 17.7 Å². The van der Waals surface area contributed by atoms with E-state index in [1.165, 1.54) is 25.1 Å². The van der Waals surface area contributed by atoms with Gasteiger partial charge in [0.05, 0.1) is 29.7 Å². The van der Waals surface area contributed by atoms with Crippen LogP contribution in [0, 0.1) is 5.82 Å². The number of thiazole rings is 1. The first-order chi connectivity index (χ1) is 15.9. The number of halogens is 1. The molecule has 2 heterocycles. The Kier molecular flexibility index (Phi) is 6.50. The van der Waals surface area contributed by atoms with Gasteiger partial charge in [0.1, 0.15) is 17.9 Å². The van der Waals surface area contributed by atoms with Gasteiger partial charge in [-0.3, -0.25) is 19.3 Å². The van der Waals surface area contributed by atoms with Gasteiger partial charge in [-0.2, -0.15) is 0 Å². The minimum atomic E-state index is -0.553. The number of esters is 1. The molecule has 0 aliphatic heterocycles. The topological polar surface area (TPSA) is 107 Å². The summed E-state index contributed by atoms with van der Waals surface area (Å²) in [6, 6.07) is 12.7. The zero-order valence-corrected chi connectivity index (χ0v) is 18.3. The first kappa shape index (κ1) is 22.2. The van der Waals surface area contributed by atoms with Gasteiger partial charge in [0, 0.05) is 12.3 Å². The van der Waals surface area contributed by atoms with E-state index in [1.54, 1.807) is 35.7 Å². The molecule has 0 fully saturated rings. The van der Waals surface area contributed by atoms with Crippen LogP contribution in [0.25, 0.3) is 10.9 Å². The maximum atomic E-state index is 14.2. The van der Waals surface area contributed by atoms with E-state index in [2.05, 4.69) is 15.3 Å². The van der Waals surface area contributed by atoms with Crippen LogP contribution in [-0.4, -0.2) is 31.9 Å². The summed E-state index contributed by atoms with van der Waals surface area (Å²) >= 11 is 1.13. The van der Waals surface area contributed by atoms with E-state index in [4.69, 9.17) is 4.74 Å². The highest BCUT2D eigenvalue weighted by Gasteiger charge is 2.21. The smallest absolute Gasteiger partial charge is 0.308 e. The van der Waals surface area contributed by atoms with Crippen molar-refractivity contribution >= 4 is 44.9 Å². The fourth-order valence-corrected chi connectivity index (χ4v) is 3.96. The minimum Gasteiger partial charge on any atom is -0.459 e. The molecule has 0 atom stereocenters. The van der Waals surface area contributed by atoms with Crippen molar-refractivity contribution in [3.05, 3.63) is 75.8 Å². The van der Waals surface area contributed by atoms with Crippen LogP contribution in [-0.2, 0) is 27.5 Å². The molecule has 0 aliphatic rings. The van der Waals surface area contributed by atoms with Crippen LogP contribution in [0.4, 0.5) is 15.2 Å². The van der Waals surface area contributed by atoms with Crippen molar-refractivity contribution in [1.82, 2.24) is 20.0 Å². The number of aryl methyl sites for hydroxylation is 1. The lowest BCUT2D eigenvalue weighted by atomic mass is 10.2. The molecule has 0 unspecified atom stereocenters. The van der Waals surface area contributed by atoms with Gasteiger partial charge in [-0.05, 0) is 24.3 Å². The van der Waals surface area contributed by atoms with Crippen molar-refractivity contribution in [2.75, 3.05) is 4.90 Å². The van der Waals surface area contributed by atoms with Crippen LogP contribution in [0.15, 0.2) is 58.7 Å². The van der Waals surface area contributed by atoms with Crippen LogP contribution >= 0.6 is 11.3 Å². The Hall–Kier alpha value is -3.99. The second-order valence-electron chi connectivity index (χ2n) is 6.97. The maximum Gasteiger partial charge on any atom is 0.308 e. The fourth-order valence-electron chi connectivity index (χ4n) is 3.10. The number of carbonyl (C=O) groups excluding carboxylic acids is 2. The lowest BCUT2D eigenvalue weighted by Gasteiger charge is -2.18. The van der Waals surface area contributed by atoms with Crippen LogP contribution in [0.5, 0.6) is 0 Å². The van der Waals surface area contributed by atoms with Crippen molar-refractivity contribution in [2.24, 2.45) is 0 Å². The highest BCUT2D eigenvalue weighted by Crippen LogP contribution is 2.30. The molecule has 0 saturated heterocycles. The van der Waals surface area contributed by atoms with Crippen LogP contribution < -0.4 is 10.5 Å². The molecule has 0 spiro atoms. The van der Waals surface area contributed by atoms with Gasteiger partial charge in [-0.1, -0.05) is 29.5 Å². The molecule has 168 valence electrons. The normalized spacial score (nSPS) is 10.8. The molecule has 9 nitrogen and oxygen atoms in total. The molecule has 0 saturated carbocycles. The maximum absolute atomic E-state index is 14.2. The van der Waals surface area contributed by atoms with Gasteiger partial charge in [0.25, 0.3) is 5.56 Å². The van der Waals surface area contributed by atoms with Crippen molar-refractivity contribution in [3.63, 3.8) is 0 Å². The van der Waals surface area contributed by atoms with Gasteiger partial charge >= 0.3 is 5.97 Å². The molecule has 4 aromatic rings. The minimum absolute atomic E-state index is 0.0171. The molecular formula is C22H18FN5O4S. The molecule has 11 heteroatoms. The third-order valence-corrected chi connectivity index (χ3v) is 5.55. The second-order valence-corrected chi connectivity index (χ2v) is 7.81. The molecule has 2 aromatic carbocycles. The van der Waals surface area contributed by atoms with Crippen molar-refractivity contribution in [3.8, 4) is 0 Å². The summed E-state index contributed by atoms with van der Waals surface area (Å²) in [5, 5.41) is 10.1. The molecule has 0 radical (unpaired) electrons. The first-order valence-electron chi connectivity index (χ1n) is 9.92. The number of benzene rings is 2. The summed E-state index contributed by atoms with van der Waals surface area (Å²) in [6.45, 7) is 1.20. The zero-order valence-electron chi connectivity index (χ0n) is 17.5. The van der Waals surface area contributed by atoms with E-state index >= 15 is 0 Å². The molecular weight excluding hydrogens is 449 g/mol. The monoisotopic (exact) mass is 467 g/mol. The Balaban J connectivity index is 1.38. The number of anilines is 2. The average molecular weight is 467 g/mol. The number of para-hydroxylation sites is 1. The third-order valence-electron chi connectivity index (χ3n) is 4.68. The Labute approximate surface area is 191 Å². The van der Waals surface area contributed by atoms with Gasteiger partial charge in [0.2, 0.25) is 5.91 Å². The van der Waals surface area contributed by atoms with Crippen molar-refractivity contribution in [2.45, 2.75) is 26.5 Å². The molecule has 0 aliphatic carbocycles. The number of amides is 1. The highest BCUT2D eigenvalue weighted by molar-refractivity contribution is 7.14. The zero-order chi connectivity index (χ0) is 23.4. The fraction of sp³-hybridized carbons (Fsp3) is 0.182. The van der Waals surface area contributed by atoms with Gasteiger partial charge in [-0.15, -0.1) is 16.4 Å². The Morgan fingerprint density at radius 3 is 2.70 bits per heavy atom. The van der Waals surface area contributed by atoms with E-state index in [0.29, 0.717) is 16.6 Å². The van der Waals surface area contributed by atoms with Crippen LogP contribution in [0.2, 0.25) is 0 Å². The lowest BCUT2D eigenvalue weighted by molar-refractivity contribution is -0.145. The number of hydrogen-bond acceptors (Lipinski definition) is 8. The second kappa shape index (κ2) is 9.65. The van der Waals surface area contributed by atoms with Gasteiger partial charge in [0.15, 0.2) is 5.13 Å². The summed E-state index contributed by atoms with van der Waals surface area (Å²) in [5.74, 6) is -1.51. The van der Waals surface area contributed by atoms with Crippen LogP contribution in [0.3, 0.4) is 0 Å². The molecule has 4 rings (SSSR count). The Bertz CT molecular complexity index is 1390. The number of ether oxygens (including phenoxy) is 1. The molecule has 33 heavy (non-hydrogen) atoms.